The monoisotopic (exact) mass is 390 g/mol. The van der Waals surface area contributed by atoms with Gasteiger partial charge in [-0.15, -0.1) is 0 Å². The van der Waals surface area contributed by atoms with Crippen LogP contribution in [0.5, 0.6) is 0 Å². The molecule has 1 atom stereocenters. The molecular formula is C22H22N4O3. The summed E-state index contributed by atoms with van der Waals surface area (Å²) >= 11 is 0. The van der Waals surface area contributed by atoms with E-state index in [4.69, 9.17) is 4.52 Å². The Morgan fingerprint density at radius 1 is 1.17 bits per heavy atom. The van der Waals surface area contributed by atoms with Gasteiger partial charge in [0.05, 0.1) is 5.92 Å². The number of rotatable bonds is 4. The summed E-state index contributed by atoms with van der Waals surface area (Å²) < 4.78 is 5.04. The largest absolute Gasteiger partial charge is 0.339 e. The summed E-state index contributed by atoms with van der Waals surface area (Å²) in [5.74, 6) is 0.441. The zero-order valence-electron chi connectivity index (χ0n) is 16.6. The van der Waals surface area contributed by atoms with Crippen LogP contribution in [0.1, 0.15) is 17.9 Å². The van der Waals surface area contributed by atoms with Gasteiger partial charge in [0.2, 0.25) is 23.5 Å². The summed E-state index contributed by atoms with van der Waals surface area (Å²) in [7, 11) is 1.75. The average Bonchev–Trinajstić information content (AvgIpc) is 3.33. The van der Waals surface area contributed by atoms with Gasteiger partial charge < -0.3 is 14.3 Å². The molecule has 2 aromatic carbocycles. The minimum absolute atomic E-state index is 0.0605. The zero-order valence-corrected chi connectivity index (χ0v) is 16.6. The Balaban J connectivity index is 1.52. The number of carbonyl (C=O) groups is 2. The average molecular weight is 390 g/mol. The molecule has 0 spiro atoms. The summed E-state index contributed by atoms with van der Waals surface area (Å²) in [6, 6.07) is 15.2. The van der Waals surface area contributed by atoms with Gasteiger partial charge in [-0.1, -0.05) is 35.0 Å². The minimum atomic E-state index is -0.384. The summed E-state index contributed by atoms with van der Waals surface area (Å²) in [6.45, 7) is 4.08. The maximum atomic E-state index is 13.0. The summed E-state index contributed by atoms with van der Waals surface area (Å²) in [5, 5.41) is 3.93. The van der Waals surface area contributed by atoms with Crippen molar-refractivity contribution in [2.75, 3.05) is 23.4 Å². The first-order valence-electron chi connectivity index (χ1n) is 9.48. The van der Waals surface area contributed by atoms with E-state index in [-0.39, 0.29) is 24.2 Å². The van der Waals surface area contributed by atoms with Gasteiger partial charge in [-0.2, -0.15) is 4.98 Å². The molecule has 0 N–H and O–H groups in total. The molecule has 148 valence electrons. The number of anilines is 2. The number of carbonyl (C=O) groups excluding carboxylic acids is 2. The molecule has 7 nitrogen and oxygen atoms in total. The van der Waals surface area contributed by atoms with Gasteiger partial charge in [0.25, 0.3) is 0 Å². The van der Waals surface area contributed by atoms with E-state index in [0.717, 1.165) is 22.5 Å². The molecule has 2 amide bonds. The van der Waals surface area contributed by atoms with Crippen LogP contribution in [0.25, 0.3) is 11.4 Å². The Morgan fingerprint density at radius 3 is 2.62 bits per heavy atom. The van der Waals surface area contributed by atoms with Crippen molar-refractivity contribution < 1.29 is 14.1 Å². The van der Waals surface area contributed by atoms with Gasteiger partial charge in [0.1, 0.15) is 0 Å². The van der Waals surface area contributed by atoms with Gasteiger partial charge in [0, 0.05) is 43.9 Å². The Kier molecular flexibility index (Phi) is 4.88. The van der Waals surface area contributed by atoms with E-state index in [1.54, 1.807) is 23.8 Å². The highest BCUT2D eigenvalue weighted by Crippen LogP contribution is 2.30. The Bertz CT molecular complexity index is 1060. The van der Waals surface area contributed by atoms with E-state index < -0.39 is 0 Å². The molecule has 1 fully saturated rings. The second kappa shape index (κ2) is 7.50. The zero-order chi connectivity index (χ0) is 20.5. The first kappa shape index (κ1) is 18.9. The number of hydrogen-bond acceptors (Lipinski definition) is 5. The van der Waals surface area contributed by atoms with Crippen molar-refractivity contribution in [3.05, 3.63) is 60.0 Å². The predicted molar refractivity (Wildman–Crippen MR) is 110 cm³/mol. The summed E-state index contributed by atoms with van der Waals surface area (Å²) in [4.78, 5) is 33.1. The first-order valence-corrected chi connectivity index (χ1v) is 9.48. The van der Waals surface area contributed by atoms with E-state index >= 15 is 0 Å². The molecule has 3 aromatic rings. The standard InChI is InChI=1S/C22H22N4O3/c1-14-7-9-18(10-8-14)25(3)22(28)17-12-20(27)26(13-17)19-6-4-5-16(11-19)21-23-15(2)29-24-21/h4-11,17H,12-13H2,1-3H3. The fraction of sp³-hybridized carbons (Fsp3) is 0.273. The molecule has 1 aromatic heterocycles. The van der Waals surface area contributed by atoms with Crippen LogP contribution in [-0.2, 0) is 9.59 Å². The molecule has 0 aliphatic carbocycles. The van der Waals surface area contributed by atoms with Crippen LogP contribution in [0.2, 0.25) is 0 Å². The molecule has 1 aliphatic rings. The molecule has 0 saturated carbocycles. The van der Waals surface area contributed by atoms with Crippen molar-refractivity contribution in [2.45, 2.75) is 20.3 Å². The molecule has 0 radical (unpaired) electrons. The van der Waals surface area contributed by atoms with Gasteiger partial charge in [-0.25, -0.2) is 0 Å². The lowest BCUT2D eigenvalue weighted by atomic mass is 10.1. The van der Waals surface area contributed by atoms with Crippen LogP contribution in [0.4, 0.5) is 11.4 Å². The van der Waals surface area contributed by atoms with Crippen LogP contribution in [0.3, 0.4) is 0 Å². The first-order chi connectivity index (χ1) is 13.9. The lowest BCUT2D eigenvalue weighted by Crippen LogP contribution is -2.34. The van der Waals surface area contributed by atoms with Crippen molar-refractivity contribution in [1.29, 1.82) is 0 Å². The molecule has 1 aliphatic heterocycles. The number of aryl methyl sites for hydroxylation is 2. The molecule has 29 heavy (non-hydrogen) atoms. The van der Waals surface area contributed by atoms with Crippen molar-refractivity contribution in [1.82, 2.24) is 10.1 Å². The van der Waals surface area contributed by atoms with Gasteiger partial charge in [-0.3, -0.25) is 9.59 Å². The highest BCUT2D eigenvalue weighted by Gasteiger charge is 2.37. The van der Waals surface area contributed by atoms with Gasteiger partial charge in [-0.05, 0) is 31.2 Å². The van der Waals surface area contributed by atoms with E-state index in [0.29, 0.717) is 18.3 Å². The maximum Gasteiger partial charge on any atom is 0.232 e. The van der Waals surface area contributed by atoms with Crippen LogP contribution in [0, 0.1) is 19.8 Å². The fourth-order valence-corrected chi connectivity index (χ4v) is 3.52. The SMILES string of the molecule is Cc1ccc(N(C)C(=O)C2CC(=O)N(c3cccc(-c4noc(C)n4)c3)C2)cc1. The summed E-state index contributed by atoms with van der Waals surface area (Å²) in [6.07, 6.45) is 0.195. The van der Waals surface area contributed by atoms with E-state index in [2.05, 4.69) is 10.1 Å². The Labute approximate surface area is 168 Å². The van der Waals surface area contributed by atoms with Crippen LogP contribution in [0.15, 0.2) is 53.1 Å². The molecule has 0 bridgehead atoms. The molecule has 2 heterocycles. The maximum absolute atomic E-state index is 13.0. The topological polar surface area (TPSA) is 79.5 Å². The number of aromatic nitrogens is 2. The van der Waals surface area contributed by atoms with Crippen LogP contribution < -0.4 is 9.80 Å². The Hall–Kier alpha value is -3.48. The van der Waals surface area contributed by atoms with Crippen molar-refractivity contribution in [3.8, 4) is 11.4 Å². The number of benzene rings is 2. The quantitative estimate of drug-likeness (QED) is 0.682. The Morgan fingerprint density at radius 2 is 1.93 bits per heavy atom. The van der Waals surface area contributed by atoms with Gasteiger partial charge >= 0.3 is 0 Å². The lowest BCUT2D eigenvalue weighted by Gasteiger charge is -2.22. The van der Waals surface area contributed by atoms with Crippen LogP contribution in [-0.4, -0.2) is 35.5 Å². The lowest BCUT2D eigenvalue weighted by molar-refractivity contribution is -0.124. The number of nitrogens with zero attached hydrogens (tertiary/aromatic N) is 4. The smallest absolute Gasteiger partial charge is 0.232 e. The fourth-order valence-electron chi connectivity index (χ4n) is 3.52. The molecular weight excluding hydrogens is 368 g/mol. The van der Waals surface area contributed by atoms with E-state index in [1.807, 2.05) is 55.5 Å². The highest BCUT2D eigenvalue weighted by atomic mass is 16.5. The predicted octanol–water partition coefficient (Wildman–Crippen LogP) is 3.37. The van der Waals surface area contributed by atoms with Gasteiger partial charge in [0.15, 0.2) is 0 Å². The minimum Gasteiger partial charge on any atom is -0.339 e. The third-order valence-electron chi connectivity index (χ3n) is 5.17. The van der Waals surface area contributed by atoms with Crippen molar-refractivity contribution >= 4 is 23.2 Å². The van der Waals surface area contributed by atoms with E-state index in [1.165, 1.54) is 0 Å². The second-order valence-corrected chi connectivity index (χ2v) is 7.33. The normalized spacial score (nSPS) is 16.3. The van der Waals surface area contributed by atoms with E-state index in [9.17, 15) is 9.59 Å². The highest BCUT2D eigenvalue weighted by molar-refractivity contribution is 6.04. The molecule has 1 unspecified atom stereocenters. The number of amides is 2. The third-order valence-corrected chi connectivity index (χ3v) is 5.17. The second-order valence-electron chi connectivity index (χ2n) is 7.33. The molecule has 4 rings (SSSR count). The molecule has 7 heteroatoms. The summed E-state index contributed by atoms with van der Waals surface area (Å²) in [5.41, 5.74) is 3.44. The van der Waals surface area contributed by atoms with Crippen molar-refractivity contribution in [2.24, 2.45) is 5.92 Å². The molecule has 1 saturated heterocycles. The third kappa shape index (κ3) is 3.76. The number of hydrogen-bond donors (Lipinski definition) is 0. The van der Waals surface area contributed by atoms with Crippen molar-refractivity contribution in [3.63, 3.8) is 0 Å². The van der Waals surface area contributed by atoms with Crippen LogP contribution >= 0.6 is 0 Å².